The first-order valence-electron chi connectivity index (χ1n) is 14.6. The third kappa shape index (κ3) is 6.27. The van der Waals surface area contributed by atoms with Crippen LogP contribution in [-0.2, 0) is 16.0 Å². The summed E-state index contributed by atoms with van der Waals surface area (Å²) in [4.78, 5) is 25.3. The lowest BCUT2D eigenvalue weighted by Crippen LogP contribution is -2.35. The molecule has 0 saturated carbocycles. The van der Waals surface area contributed by atoms with Gasteiger partial charge in [0.2, 0.25) is 0 Å². The normalized spacial score (nSPS) is 14.6. The van der Waals surface area contributed by atoms with Crippen molar-refractivity contribution in [2.75, 3.05) is 18.0 Å². The van der Waals surface area contributed by atoms with Crippen LogP contribution in [0.2, 0.25) is 0 Å². The van der Waals surface area contributed by atoms with Crippen LogP contribution in [-0.4, -0.2) is 49.3 Å². The highest BCUT2D eigenvalue weighted by atomic mass is 32.1. The van der Waals surface area contributed by atoms with Crippen molar-refractivity contribution < 1.29 is 19.0 Å². The van der Waals surface area contributed by atoms with E-state index in [4.69, 9.17) is 14.8 Å². The molecule has 0 amide bonds. The molecule has 6 rings (SSSR count). The summed E-state index contributed by atoms with van der Waals surface area (Å²) >= 11 is 1.52. The van der Waals surface area contributed by atoms with E-state index in [9.17, 15) is 14.3 Å². The van der Waals surface area contributed by atoms with Crippen molar-refractivity contribution in [1.82, 2.24) is 19.6 Å². The predicted octanol–water partition coefficient (Wildman–Crippen LogP) is 7.13. The number of nitrogens with zero attached hydrogens (tertiary/aromatic N) is 5. The summed E-state index contributed by atoms with van der Waals surface area (Å²) < 4.78 is 21.3. The Kier molecular flexibility index (Phi) is 8.04. The molecule has 0 aliphatic carbocycles. The Morgan fingerprint density at radius 3 is 2.55 bits per heavy atom. The molecule has 0 bridgehead atoms. The van der Waals surface area contributed by atoms with Crippen LogP contribution in [0.15, 0.2) is 72.9 Å². The van der Waals surface area contributed by atoms with Crippen molar-refractivity contribution in [3.8, 4) is 10.7 Å². The predicted molar refractivity (Wildman–Crippen MR) is 171 cm³/mol. The number of aromatic nitrogens is 4. The number of anilines is 1. The molecular weight excluding hydrogens is 577 g/mol. The van der Waals surface area contributed by atoms with Gasteiger partial charge in [-0.05, 0) is 62.9 Å². The second-order valence-electron chi connectivity index (χ2n) is 11.9. The van der Waals surface area contributed by atoms with Crippen LogP contribution in [0.3, 0.4) is 0 Å². The van der Waals surface area contributed by atoms with Gasteiger partial charge in [-0.3, -0.25) is 0 Å². The number of aryl methyl sites for hydroxylation is 1. The van der Waals surface area contributed by atoms with Gasteiger partial charge >= 0.3 is 5.97 Å². The Balaban J connectivity index is 1.43. The van der Waals surface area contributed by atoms with Crippen LogP contribution >= 0.6 is 11.3 Å². The highest BCUT2D eigenvalue weighted by molar-refractivity contribution is 7.15. The SMILES string of the molecule is Cc1nc2cc(-c3ncc(Cc4ccc(F)cc4)s3)nn2c(N2CC=C(c3ccccc3)CC2)c1[C@H](OC(C)(C)C)C(=O)O. The fraction of sp³-hybridized carbons (Fsp3) is 0.294. The third-order valence-corrected chi connectivity index (χ3v) is 8.50. The van der Waals surface area contributed by atoms with Gasteiger partial charge in [0.1, 0.15) is 22.3 Å². The van der Waals surface area contributed by atoms with Gasteiger partial charge in [0.15, 0.2) is 11.8 Å². The van der Waals surface area contributed by atoms with E-state index in [0.29, 0.717) is 47.9 Å². The van der Waals surface area contributed by atoms with Crippen molar-refractivity contribution in [3.05, 3.63) is 106 Å². The summed E-state index contributed by atoms with van der Waals surface area (Å²) in [5.74, 6) is -0.692. The van der Waals surface area contributed by atoms with Crippen molar-refractivity contribution in [3.63, 3.8) is 0 Å². The third-order valence-electron chi connectivity index (χ3n) is 7.48. The maximum Gasteiger partial charge on any atom is 0.337 e. The molecule has 1 aliphatic rings. The zero-order chi connectivity index (χ0) is 31.0. The zero-order valence-corrected chi connectivity index (χ0v) is 25.9. The van der Waals surface area contributed by atoms with Gasteiger partial charge in [0.25, 0.3) is 0 Å². The number of hydrogen-bond acceptors (Lipinski definition) is 7. The Hall–Kier alpha value is -4.41. The summed E-state index contributed by atoms with van der Waals surface area (Å²) in [5, 5.41) is 16.1. The first-order valence-corrected chi connectivity index (χ1v) is 15.4. The Morgan fingerprint density at radius 2 is 1.89 bits per heavy atom. The van der Waals surface area contributed by atoms with Gasteiger partial charge in [0.05, 0.1) is 11.2 Å². The van der Waals surface area contributed by atoms with Gasteiger partial charge in [-0.25, -0.2) is 19.2 Å². The number of ether oxygens (including phenoxy) is 1. The van der Waals surface area contributed by atoms with E-state index in [2.05, 4.69) is 28.1 Å². The van der Waals surface area contributed by atoms with E-state index in [-0.39, 0.29) is 5.82 Å². The van der Waals surface area contributed by atoms with Gasteiger partial charge in [-0.15, -0.1) is 11.3 Å². The topological polar surface area (TPSA) is 92.9 Å². The van der Waals surface area contributed by atoms with Crippen LogP contribution in [0.5, 0.6) is 0 Å². The largest absolute Gasteiger partial charge is 0.479 e. The number of aliphatic carboxylic acids is 1. The van der Waals surface area contributed by atoms with Gasteiger partial charge < -0.3 is 14.7 Å². The van der Waals surface area contributed by atoms with Crippen molar-refractivity contribution in [2.24, 2.45) is 0 Å². The summed E-state index contributed by atoms with van der Waals surface area (Å²) in [6.45, 7) is 8.61. The second kappa shape index (κ2) is 11.9. The molecule has 1 aliphatic heterocycles. The molecule has 2 aromatic carbocycles. The maximum absolute atomic E-state index is 13.4. The average Bonchev–Trinajstić information content (AvgIpc) is 3.64. The Labute approximate surface area is 259 Å². The van der Waals surface area contributed by atoms with E-state index in [0.717, 1.165) is 21.9 Å². The lowest BCUT2D eigenvalue weighted by Gasteiger charge is -2.33. The molecule has 0 spiro atoms. The number of hydrogen-bond donors (Lipinski definition) is 1. The molecular formula is C34H34FN5O3S. The van der Waals surface area contributed by atoms with Crippen molar-refractivity contribution in [2.45, 2.75) is 52.2 Å². The maximum atomic E-state index is 13.4. The minimum Gasteiger partial charge on any atom is -0.479 e. The average molecular weight is 612 g/mol. The minimum atomic E-state index is -1.24. The number of thiazole rings is 1. The Morgan fingerprint density at radius 1 is 1.14 bits per heavy atom. The standard InChI is InChI=1S/C34H34FN5O3S/c1-21-29(30(33(41)42)43-34(2,3)4)32(39-16-14-24(15-17-39)23-8-6-5-7-9-23)40-28(37-21)19-27(38-40)31-36-20-26(44-31)18-22-10-12-25(35)13-11-22/h5-14,19-20,30H,15-18H2,1-4H3,(H,41,42)/t30-/m0/s1. The fourth-order valence-electron chi connectivity index (χ4n) is 5.50. The van der Waals surface area contributed by atoms with E-state index in [1.54, 1.807) is 16.6 Å². The highest BCUT2D eigenvalue weighted by Crippen LogP contribution is 2.37. The molecule has 0 unspecified atom stereocenters. The number of carbonyl (C=O) groups is 1. The molecule has 44 heavy (non-hydrogen) atoms. The molecule has 8 nitrogen and oxygen atoms in total. The van der Waals surface area contributed by atoms with Crippen molar-refractivity contribution >= 4 is 34.3 Å². The van der Waals surface area contributed by atoms with E-state index in [1.165, 1.54) is 34.6 Å². The van der Waals surface area contributed by atoms with Crippen LogP contribution < -0.4 is 4.90 Å². The molecule has 1 N–H and O–H groups in total. The number of halogens is 1. The summed E-state index contributed by atoms with van der Waals surface area (Å²) in [7, 11) is 0. The number of carboxylic acid groups (broad SMARTS) is 1. The number of fused-ring (bicyclic) bond motifs is 1. The summed E-state index contributed by atoms with van der Waals surface area (Å²) in [6.07, 6.45) is 4.19. The molecule has 226 valence electrons. The first kappa shape index (κ1) is 29.7. The molecule has 0 saturated heterocycles. The number of rotatable bonds is 8. The monoisotopic (exact) mass is 611 g/mol. The van der Waals surface area contributed by atoms with Gasteiger partial charge in [-0.1, -0.05) is 48.5 Å². The molecule has 4 heterocycles. The van der Waals surface area contributed by atoms with Gasteiger partial charge in [0, 0.05) is 42.3 Å². The zero-order valence-electron chi connectivity index (χ0n) is 25.1. The summed E-state index contributed by atoms with van der Waals surface area (Å²) in [6, 6.07) is 18.6. The van der Waals surface area contributed by atoms with E-state index >= 15 is 0 Å². The molecule has 10 heteroatoms. The van der Waals surface area contributed by atoms with Crippen LogP contribution in [0.1, 0.15) is 60.6 Å². The molecule has 0 radical (unpaired) electrons. The van der Waals surface area contributed by atoms with Gasteiger partial charge in [-0.2, -0.15) is 9.61 Å². The lowest BCUT2D eigenvalue weighted by molar-refractivity contribution is -0.160. The fourth-order valence-corrected chi connectivity index (χ4v) is 6.41. The smallest absolute Gasteiger partial charge is 0.337 e. The van der Waals surface area contributed by atoms with Crippen LogP contribution in [0.4, 0.5) is 10.2 Å². The first-order chi connectivity index (χ1) is 21.1. The number of benzene rings is 2. The van der Waals surface area contributed by atoms with Crippen LogP contribution in [0, 0.1) is 12.7 Å². The highest BCUT2D eigenvalue weighted by Gasteiger charge is 2.35. The quantitative estimate of drug-likeness (QED) is 0.200. The number of carboxylic acids is 1. The lowest BCUT2D eigenvalue weighted by atomic mass is 9.98. The molecule has 3 aromatic heterocycles. The minimum absolute atomic E-state index is 0.264. The van der Waals surface area contributed by atoms with E-state index in [1.807, 2.05) is 58.2 Å². The second-order valence-corrected chi connectivity index (χ2v) is 13.0. The Bertz CT molecular complexity index is 1840. The van der Waals surface area contributed by atoms with E-state index < -0.39 is 17.7 Å². The molecule has 0 fully saturated rings. The molecule has 5 aromatic rings. The van der Waals surface area contributed by atoms with Crippen molar-refractivity contribution in [1.29, 1.82) is 0 Å². The molecule has 1 atom stereocenters. The summed E-state index contributed by atoms with van der Waals surface area (Å²) in [5.41, 5.74) is 5.03. The van der Waals surface area contributed by atoms with Crippen LogP contribution in [0.25, 0.3) is 21.9 Å².